The van der Waals surface area contributed by atoms with Gasteiger partial charge in [0.1, 0.15) is 17.3 Å². The first-order valence-electron chi connectivity index (χ1n) is 9.91. The van der Waals surface area contributed by atoms with Crippen molar-refractivity contribution in [3.63, 3.8) is 0 Å². The van der Waals surface area contributed by atoms with E-state index in [1.54, 1.807) is 11.3 Å². The number of quaternary nitrogens is 1. The summed E-state index contributed by atoms with van der Waals surface area (Å²) in [5.41, 5.74) is 1.08. The molecule has 0 aliphatic carbocycles. The van der Waals surface area contributed by atoms with Crippen LogP contribution in [0.1, 0.15) is 18.4 Å². The molecule has 28 heavy (non-hydrogen) atoms. The molecule has 3 aromatic rings. The first-order valence-corrected chi connectivity index (χ1v) is 10.7. The smallest absolute Gasteiger partial charge is 0.264 e. The lowest BCUT2D eigenvalue weighted by Crippen LogP contribution is -3.13. The minimum absolute atomic E-state index is 0.102. The van der Waals surface area contributed by atoms with Crippen LogP contribution in [0.2, 0.25) is 0 Å². The fraction of sp³-hybridized carbons (Fsp3) is 0.364. The maximum absolute atomic E-state index is 12.9. The van der Waals surface area contributed by atoms with Crippen molar-refractivity contribution in [2.45, 2.75) is 26.0 Å². The maximum Gasteiger partial charge on any atom is 0.264 e. The highest BCUT2D eigenvalue weighted by molar-refractivity contribution is 7.18. The van der Waals surface area contributed by atoms with Crippen LogP contribution in [0.3, 0.4) is 0 Å². The molecular formula is C22H26N3O2S+. The molecule has 1 aliphatic rings. The average Bonchev–Trinajstić information content (AvgIpc) is 3.15. The van der Waals surface area contributed by atoms with Crippen molar-refractivity contribution >= 4 is 27.5 Å². The lowest BCUT2D eigenvalue weighted by atomic mass is 10.2. The summed E-state index contributed by atoms with van der Waals surface area (Å²) < 4.78 is 7.17. The van der Waals surface area contributed by atoms with E-state index in [-0.39, 0.29) is 5.91 Å². The SMILES string of the molecule is CC[C@H](Oc1ccccc1)C(=O)N1CC[NH+](Cc2nc3ccccc3s2)CC1. The molecule has 5 nitrogen and oxygen atoms in total. The Hall–Kier alpha value is -2.44. The highest BCUT2D eigenvalue weighted by Gasteiger charge is 2.29. The molecule has 146 valence electrons. The maximum atomic E-state index is 12.9. The standard InChI is InChI=1S/C22H25N3O2S/c1-2-19(27-17-8-4-3-5-9-17)22(26)25-14-12-24(13-15-25)16-21-23-18-10-6-7-11-20(18)28-21/h3-11,19H,2,12-16H2,1H3/p+1/t19-/m0/s1. The number of rotatable bonds is 6. The van der Waals surface area contributed by atoms with Gasteiger partial charge in [-0.15, -0.1) is 11.3 Å². The molecule has 1 aromatic heterocycles. The van der Waals surface area contributed by atoms with Crippen LogP contribution in [-0.2, 0) is 11.3 Å². The van der Waals surface area contributed by atoms with Crippen LogP contribution < -0.4 is 9.64 Å². The van der Waals surface area contributed by atoms with Gasteiger partial charge in [-0.3, -0.25) is 4.79 Å². The molecule has 0 radical (unpaired) electrons. The van der Waals surface area contributed by atoms with Gasteiger partial charge in [0.25, 0.3) is 5.91 Å². The number of para-hydroxylation sites is 2. The first-order chi connectivity index (χ1) is 13.7. The van der Waals surface area contributed by atoms with Gasteiger partial charge in [0.2, 0.25) is 0 Å². The van der Waals surface area contributed by atoms with Gasteiger partial charge < -0.3 is 14.5 Å². The highest BCUT2D eigenvalue weighted by Crippen LogP contribution is 2.21. The molecule has 6 heteroatoms. The fourth-order valence-corrected chi connectivity index (χ4v) is 4.64. The molecule has 1 aliphatic heterocycles. The van der Waals surface area contributed by atoms with Crippen LogP contribution in [0.15, 0.2) is 54.6 Å². The van der Waals surface area contributed by atoms with Gasteiger partial charge in [0, 0.05) is 0 Å². The minimum Gasteiger partial charge on any atom is -0.481 e. The summed E-state index contributed by atoms with van der Waals surface area (Å²) in [7, 11) is 0. The number of ether oxygens (including phenoxy) is 1. The number of aromatic nitrogens is 1. The molecule has 0 spiro atoms. The number of nitrogens with one attached hydrogen (secondary N) is 1. The molecule has 4 rings (SSSR count). The van der Waals surface area contributed by atoms with E-state index in [1.807, 2.05) is 48.2 Å². The Labute approximate surface area is 169 Å². The summed E-state index contributed by atoms with van der Waals surface area (Å²) in [6, 6.07) is 17.9. The average molecular weight is 397 g/mol. The molecule has 1 N–H and O–H groups in total. The molecule has 2 aromatic carbocycles. The minimum atomic E-state index is -0.409. The van der Waals surface area contributed by atoms with E-state index in [9.17, 15) is 4.79 Å². The van der Waals surface area contributed by atoms with Crippen molar-refractivity contribution < 1.29 is 14.4 Å². The summed E-state index contributed by atoms with van der Waals surface area (Å²) in [6.07, 6.45) is 0.264. The number of piperazine rings is 1. The molecule has 0 bridgehead atoms. The lowest BCUT2D eigenvalue weighted by Gasteiger charge is -2.33. The fourth-order valence-electron chi connectivity index (χ4n) is 3.60. The number of fused-ring (bicyclic) bond motifs is 1. The van der Waals surface area contributed by atoms with E-state index in [4.69, 9.17) is 9.72 Å². The number of carbonyl (C=O) groups excluding carboxylic acids is 1. The normalized spacial score (nSPS) is 16.2. The van der Waals surface area contributed by atoms with E-state index >= 15 is 0 Å². The van der Waals surface area contributed by atoms with Crippen LogP contribution in [0.4, 0.5) is 0 Å². The van der Waals surface area contributed by atoms with Crippen LogP contribution >= 0.6 is 11.3 Å². The Morgan fingerprint density at radius 2 is 1.86 bits per heavy atom. The van der Waals surface area contributed by atoms with Crippen molar-refractivity contribution in [2.75, 3.05) is 26.2 Å². The topological polar surface area (TPSA) is 46.9 Å². The Bertz CT molecular complexity index is 887. The second-order valence-corrected chi connectivity index (χ2v) is 8.27. The van der Waals surface area contributed by atoms with Crippen LogP contribution in [-0.4, -0.2) is 48.1 Å². The third kappa shape index (κ3) is 4.34. The molecular weight excluding hydrogens is 370 g/mol. The number of amides is 1. The van der Waals surface area contributed by atoms with Gasteiger partial charge in [-0.1, -0.05) is 37.3 Å². The van der Waals surface area contributed by atoms with E-state index in [0.29, 0.717) is 6.42 Å². The van der Waals surface area contributed by atoms with E-state index < -0.39 is 6.10 Å². The Morgan fingerprint density at radius 3 is 2.57 bits per heavy atom. The van der Waals surface area contributed by atoms with E-state index in [1.165, 1.54) is 14.6 Å². The number of benzene rings is 2. The summed E-state index contributed by atoms with van der Waals surface area (Å²) in [5.74, 6) is 0.855. The third-order valence-corrected chi connectivity index (χ3v) is 6.23. The van der Waals surface area contributed by atoms with Crippen molar-refractivity contribution in [2.24, 2.45) is 0 Å². The summed E-state index contributed by atoms with van der Waals surface area (Å²) in [6.45, 7) is 6.37. The molecule has 1 saturated heterocycles. The molecule has 2 heterocycles. The van der Waals surface area contributed by atoms with Gasteiger partial charge in [0.05, 0.1) is 36.4 Å². The van der Waals surface area contributed by atoms with Crippen molar-refractivity contribution in [3.05, 3.63) is 59.6 Å². The zero-order valence-electron chi connectivity index (χ0n) is 16.1. The van der Waals surface area contributed by atoms with Crippen LogP contribution in [0.5, 0.6) is 5.75 Å². The summed E-state index contributed by atoms with van der Waals surface area (Å²) in [4.78, 5) is 21.1. The predicted octanol–water partition coefficient (Wildman–Crippen LogP) is 2.38. The third-order valence-electron chi connectivity index (χ3n) is 5.19. The summed E-state index contributed by atoms with van der Waals surface area (Å²) >= 11 is 1.78. The second kappa shape index (κ2) is 8.71. The van der Waals surface area contributed by atoms with E-state index in [0.717, 1.165) is 44.0 Å². The highest BCUT2D eigenvalue weighted by atomic mass is 32.1. The van der Waals surface area contributed by atoms with Crippen LogP contribution in [0.25, 0.3) is 10.2 Å². The molecule has 1 atom stereocenters. The van der Waals surface area contributed by atoms with Crippen molar-refractivity contribution in [1.29, 1.82) is 0 Å². The molecule has 1 fully saturated rings. The van der Waals surface area contributed by atoms with Gasteiger partial charge in [-0.2, -0.15) is 0 Å². The zero-order valence-corrected chi connectivity index (χ0v) is 17.0. The van der Waals surface area contributed by atoms with Gasteiger partial charge in [0.15, 0.2) is 6.10 Å². The quantitative estimate of drug-likeness (QED) is 0.696. The zero-order chi connectivity index (χ0) is 19.3. The Morgan fingerprint density at radius 1 is 1.14 bits per heavy atom. The van der Waals surface area contributed by atoms with Crippen molar-refractivity contribution in [3.8, 4) is 5.75 Å². The molecule has 0 unspecified atom stereocenters. The predicted molar refractivity (Wildman–Crippen MR) is 112 cm³/mol. The Kier molecular flexibility index (Phi) is 5.88. The largest absolute Gasteiger partial charge is 0.481 e. The monoisotopic (exact) mass is 396 g/mol. The molecule has 1 amide bonds. The number of nitrogens with zero attached hydrogens (tertiary/aromatic N) is 2. The van der Waals surface area contributed by atoms with Gasteiger partial charge in [-0.25, -0.2) is 4.98 Å². The van der Waals surface area contributed by atoms with E-state index in [2.05, 4.69) is 18.2 Å². The number of carbonyl (C=O) groups is 1. The van der Waals surface area contributed by atoms with Crippen LogP contribution in [0, 0.1) is 0 Å². The lowest BCUT2D eigenvalue weighted by molar-refractivity contribution is -0.917. The van der Waals surface area contributed by atoms with Gasteiger partial charge in [-0.05, 0) is 30.7 Å². The molecule has 0 saturated carbocycles. The number of hydrogen-bond acceptors (Lipinski definition) is 4. The van der Waals surface area contributed by atoms with Gasteiger partial charge >= 0.3 is 0 Å². The van der Waals surface area contributed by atoms with Crippen molar-refractivity contribution in [1.82, 2.24) is 9.88 Å². The number of hydrogen-bond donors (Lipinski definition) is 1. The Balaban J connectivity index is 1.32. The number of thiazole rings is 1. The first kappa shape index (κ1) is 18.9. The second-order valence-electron chi connectivity index (χ2n) is 7.16. The summed E-state index contributed by atoms with van der Waals surface area (Å²) in [5, 5.41) is 1.18.